The Bertz CT molecular complexity index is 1820. The number of carbonyl (C=O) groups excluding carboxylic acids is 3. The summed E-state index contributed by atoms with van der Waals surface area (Å²) >= 11 is 1.52. The van der Waals surface area contributed by atoms with Crippen molar-refractivity contribution in [2.75, 3.05) is 25.0 Å². The third kappa shape index (κ3) is 6.77. The Labute approximate surface area is 270 Å². The van der Waals surface area contributed by atoms with E-state index in [0.717, 1.165) is 16.9 Å². The van der Waals surface area contributed by atoms with E-state index in [4.69, 9.17) is 10.5 Å². The van der Waals surface area contributed by atoms with Crippen molar-refractivity contribution in [3.63, 3.8) is 0 Å². The normalized spacial score (nSPS) is 11.8. The van der Waals surface area contributed by atoms with Crippen LogP contribution in [0.1, 0.15) is 79.5 Å². The van der Waals surface area contributed by atoms with E-state index in [0.29, 0.717) is 49.4 Å². The molecular formula is C34H35N5O6S. The van der Waals surface area contributed by atoms with Crippen LogP contribution in [0, 0.1) is 0 Å². The first kappa shape index (κ1) is 32.3. The summed E-state index contributed by atoms with van der Waals surface area (Å²) in [7, 11) is 0. The van der Waals surface area contributed by atoms with Gasteiger partial charge in [-0.3, -0.25) is 14.4 Å². The zero-order valence-corrected chi connectivity index (χ0v) is 26.4. The summed E-state index contributed by atoms with van der Waals surface area (Å²) in [5.74, 6) is -2.32. The predicted molar refractivity (Wildman–Crippen MR) is 177 cm³/mol. The molecule has 0 fully saturated rings. The average Bonchev–Trinajstić information content (AvgIpc) is 3.46. The van der Waals surface area contributed by atoms with Gasteiger partial charge in [0.2, 0.25) is 0 Å². The lowest BCUT2D eigenvalue weighted by Gasteiger charge is -2.18. The summed E-state index contributed by atoms with van der Waals surface area (Å²) in [6.07, 6.45) is 2.10. The van der Waals surface area contributed by atoms with E-state index in [1.165, 1.54) is 23.5 Å². The van der Waals surface area contributed by atoms with Gasteiger partial charge >= 0.3 is 5.97 Å². The standard InChI is InChI=1S/C34H35N5O6S/c1-3-11-36-31(40)24-15-19(18-35)5-7-26(24)39-32(41)23-16-25-28(45-13-9-20-10-14-46-30(20)25)17-22(23)21-6-8-27(33(42)37-12-4-2)38-29(21)34(43)44/h5-8,10,14-17H,3-4,9,11-13,18,35H2,1-2H3,(H,36,40)(H,37,42)(H,39,41)(H,43,44). The van der Waals surface area contributed by atoms with Crippen molar-refractivity contribution in [3.8, 4) is 27.3 Å². The minimum Gasteiger partial charge on any atom is -0.493 e. The van der Waals surface area contributed by atoms with Crippen LogP contribution in [0.15, 0.2) is 53.9 Å². The lowest BCUT2D eigenvalue weighted by atomic mass is 9.93. The fourth-order valence-corrected chi connectivity index (χ4v) is 6.14. The summed E-state index contributed by atoms with van der Waals surface area (Å²) in [5.41, 5.74) is 8.90. The molecule has 0 radical (unpaired) electrons. The number of carboxylic acid groups (broad SMARTS) is 1. The summed E-state index contributed by atoms with van der Waals surface area (Å²) in [6.45, 7) is 5.30. The van der Waals surface area contributed by atoms with E-state index >= 15 is 0 Å². The van der Waals surface area contributed by atoms with E-state index in [1.54, 1.807) is 30.3 Å². The fraction of sp³-hybridized carbons (Fsp3) is 0.265. The van der Waals surface area contributed by atoms with Crippen molar-refractivity contribution in [3.05, 3.63) is 87.6 Å². The number of thiophene rings is 1. The second kappa shape index (κ2) is 14.4. The molecule has 0 aliphatic carbocycles. The fourth-order valence-electron chi connectivity index (χ4n) is 5.16. The second-order valence-corrected chi connectivity index (χ2v) is 11.6. The molecule has 12 heteroatoms. The first-order valence-electron chi connectivity index (χ1n) is 15.1. The summed E-state index contributed by atoms with van der Waals surface area (Å²) in [6, 6.07) is 13.2. The number of ether oxygens (including phenoxy) is 1. The molecule has 0 unspecified atom stereocenters. The van der Waals surface area contributed by atoms with Gasteiger partial charge in [-0.05, 0) is 71.8 Å². The van der Waals surface area contributed by atoms with Gasteiger partial charge in [0.05, 0.1) is 17.9 Å². The van der Waals surface area contributed by atoms with E-state index in [2.05, 4.69) is 20.9 Å². The number of amides is 3. The summed E-state index contributed by atoms with van der Waals surface area (Å²) < 4.78 is 6.10. The van der Waals surface area contributed by atoms with Gasteiger partial charge in [-0.25, -0.2) is 9.78 Å². The third-order valence-electron chi connectivity index (χ3n) is 7.49. The number of anilines is 1. The Kier molecular flexibility index (Phi) is 10.1. The molecule has 11 nitrogen and oxygen atoms in total. The number of hydrogen-bond acceptors (Lipinski definition) is 8. The molecule has 3 amide bonds. The Hall–Kier alpha value is -5.07. The topological polar surface area (TPSA) is 173 Å². The summed E-state index contributed by atoms with van der Waals surface area (Å²) in [5, 5.41) is 20.6. The van der Waals surface area contributed by atoms with Crippen molar-refractivity contribution in [1.82, 2.24) is 15.6 Å². The lowest BCUT2D eigenvalue weighted by Crippen LogP contribution is -2.26. The number of pyridine rings is 1. The Morgan fingerprint density at radius 3 is 2.37 bits per heavy atom. The summed E-state index contributed by atoms with van der Waals surface area (Å²) in [4.78, 5) is 57.6. The van der Waals surface area contributed by atoms with Gasteiger partial charge in [0.15, 0.2) is 5.69 Å². The largest absolute Gasteiger partial charge is 0.493 e. The van der Waals surface area contributed by atoms with Gasteiger partial charge < -0.3 is 31.5 Å². The highest BCUT2D eigenvalue weighted by Gasteiger charge is 2.27. The lowest BCUT2D eigenvalue weighted by molar-refractivity contribution is 0.0690. The Morgan fingerprint density at radius 2 is 1.65 bits per heavy atom. The van der Waals surface area contributed by atoms with Crippen molar-refractivity contribution < 1.29 is 29.0 Å². The molecule has 0 saturated heterocycles. The number of aromatic carboxylic acids is 1. The molecule has 2 aromatic heterocycles. The van der Waals surface area contributed by atoms with E-state index in [-0.39, 0.29) is 46.1 Å². The maximum Gasteiger partial charge on any atom is 0.355 e. The minimum absolute atomic E-state index is 0.0578. The van der Waals surface area contributed by atoms with Gasteiger partial charge in [0.25, 0.3) is 17.7 Å². The number of nitrogens with zero attached hydrogens (tertiary/aromatic N) is 1. The van der Waals surface area contributed by atoms with Crippen LogP contribution in [0.5, 0.6) is 5.75 Å². The molecule has 1 aliphatic rings. The van der Waals surface area contributed by atoms with Crippen LogP contribution in [-0.2, 0) is 13.0 Å². The van der Waals surface area contributed by atoms with Gasteiger partial charge in [-0.1, -0.05) is 19.9 Å². The molecule has 6 N–H and O–H groups in total. The quantitative estimate of drug-likeness (QED) is 0.150. The van der Waals surface area contributed by atoms with Crippen LogP contribution in [-0.4, -0.2) is 53.5 Å². The number of benzene rings is 2. The number of carbonyl (C=O) groups is 4. The van der Waals surface area contributed by atoms with Crippen LogP contribution >= 0.6 is 11.3 Å². The van der Waals surface area contributed by atoms with Crippen LogP contribution in [0.4, 0.5) is 5.69 Å². The average molecular weight is 642 g/mol. The highest BCUT2D eigenvalue weighted by atomic mass is 32.1. The maximum absolute atomic E-state index is 14.2. The van der Waals surface area contributed by atoms with Crippen LogP contribution < -0.4 is 26.4 Å². The second-order valence-electron chi connectivity index (χ2n) is 10.7. The number of aromatic nitrogens is 1. The molecule has 0 spiro atoms. The zero-order valence-electron chi connectivity index (χ0n) is 25.6. The van der Waals surface area contributed by atoms with E-state index in [1.807, 2.05) is 25.3 Å². The Balaban J connectivity index is 1.66. The molecule has 1 aliphatic heterocycles. The van der Waals surface area contributed by atoms with Gasteiger partial charge in [0.1, 0.15) is 11.4 Å². The molecule has 0 bridgehead atoms. The van der Waals surface area contributed by atoms with Gasteiger partial charge in [0, 0.05) is 53.2 Å². The number of rotatable bonds is 11. The van der Waals surface area contributed by atoms with E-state index in [9.17, 15) is 24.3 Å². The van der Waals surface area contributed by atoms with E-state index < -0.39 is 23.5 Å². The number of fused-ring (bicyclic) bond motifs is 3. The molecule has 238 valence electrons. The van der Waals surface area contributed by atoms with Crippen molar-refractivity contribution in [2.24, 2.45) is 5.73 Å². The SMILES string of the molecule is CCCNC(=O)c1ccc(-c2cc3c(cc2C(=O)Nc2ccc(CN)cc2C(=O)NCCC)-c2sccc2CCO3)c(C(=O)O)n1. The van der Waals surface area contributed by atoms with Crippen molar-refractivity contribution >= 4 is 40.7 Å². The maximum atomic E-state index is 14.2. The molecule has 0 saturated carbocycles. The van der Waals surface area contributed by atoms with Gasteiger partial charge in [-0.15, -0.1) is 11.3 Å². The number of hydrogen-bond donors (Lipinski definition) is 5. The minimum atomic E-state index is -1.37. The van der Waals surface area contributed by atoms with Gasteiger partial charge in [-0.2, -0.15) is 0 Å². The van der Waals surface area contributed by atoms with Crippen molar-refractivity contribution in [1.29, 1.82) is 0 Å². The predicted octanol–water partition coefficient (Wildman–Crippen LogP) is 5.10. The van der Waals surface area contributed by atoms with Crippen molar-refractivity contribution in [2.45, 2.75) is 39.7 Å². The first-order chi connectivity index (χ1) is 22.2. The number of nitrogens with one attached hydrogen (secondary N) is 3. The number of nitrogens with two attached hydrogens (primary N) is 1. The smallest absolute Gasteiger partial charge is 0.355 e. The zero-order chi connectivity index (χ0) is 32.8. The first-order valence-corrected chi connectivity index (χ1v) is 16.0. The highest BCUT2D eigenvalue weighted by molar-refractivity contribution is 7.13. The van der Waals surface area contributed by atoms with Crippen LogP contribution in [0.2, 0.25) is 0 Å². The molecule has 5 rings (SSSR count). The highest BCUT2D eigenvalue weighted by Crippen LogP contribution is 2.43. The van der Waals surface area contributed by atoms with Crippen LogP contribution in [0.25, 0.3) is 21.6 Å². The monoisotopic (exact) mass is 641 g/mol. The van der Waals surface area contributed by atoms with Crippen LogP contribution in [0.3, 0.4) is 0 Å². The molecule has 4 aromatic rings. The molecule has 3 heterocycles. The molecule has 0 atom stereocenters. The third-order valence-corrected chi connectivity index (χ3v) is 8.48. The number of carboxylic acids is 1. The Morgan fingerprint density at radius 1 is 0.891 bits per heavy atom. The molecule has 46 heavy (non-hydrogen) atoms. The molecule has 2 aromatic carbocycles. The molecular weight excluding hydrogens is 606 g/mol.